The SMILES string of the molecule is CCC(C)(CN)C(O)c1cc(C)c(C)cc1C. The second-order valence-electron chi connectivity index (χ2n) is 5.41. The van der Waals surface area contributed by atoms with Crippen molar-refractivity contribution in [1.29, 1.82) is 0 Å². The monoisotopic (exact) mass is 235 g/mol. The van der Waals surface area contributed by atoms with E-state index in [1.165, 1.54) is 11.1 Å². The van der Waals surface area contributed by atoms with E-state index in [2.05, 4.69) is 39.8 Å². The molecule has 0 aromatic heterocycles. The quantitative estimate of drug-likeness (QED) is 0.842. The van der Waals surface area contributed by atoms with Crippen LogP contribution < -0.4 is 5.73 Å². The molecule has 0 bridgehead atoms. The molecule has 0 fully saturated rings. The third-order valence-electron chi connectivity index (χ3n) is 4.11. The van der Waals surface area contributed by atoms with Crippen molar-refractivity contribution in [2.45, 2.75) is 47.1 Å². The van der Waals surface area contributed by atoms with Crippen LogP contribution in [0, 0.1) is 26.2 Å². The number of nitrogens with two attached hydrogens (primary N) is 1. The van der Waals surface area contributed by atoms with E-state index >= 15 is 0 Å². The number of aliphatic hydroxyl groups excluding tert-OH is 1. The van der Waals surface area contributed by atoms with Crippen LogP contribution in [0.4, 0.5) is 0 Å². The summed E-state index contributed by atoms with van der Waals surface area (Å²) in [5, 5.41) is 10.6. The summed E-state index contributed by atoms with van der Waals surface area (Å²) >= 11 is 0. The molecule has 0 radical (unpaired) electrons. The Labute approximate surface area is 105 Å². The molecule has 17 heavy (non-hydrogen) atoms. The predicted molar refractivity (Wildman–Crippen MR) is 73.1 cm³/mol. The maximum Gasteiger partial charge on any atom is 0.0858 e. The summed E-state index contributed by atoms with van der Waals surface area (Å²) < 4.78 is 0. The number of hydrogen-bond donors (Lipinski definition) is 2. The van der Waals surface area contributed by atoms with Crippen molar-refractivity contribution in [3.05, 3.63) is 34.4 Å². The van der Waals surface area contributed by atoms with Crippen LogP contribution in [0.1, 0.15) is 48.6 Å². The van der Waals surface area contributed by atoms with E-state index in [0.717, 1.165) is 17.5 Å². The molecule has 2 atom stereocenters. The van der Waals surface area contributed by atoms with Crippen LogP contribution in [-0.4, -0.2) is 11.7 Å². The lowest BCUT2D eigenvalue weighted by Gasteiger charge is -2.33. The maximum atomic E-state index is 10.6. The highest BCUT2D eigenvalue weighted by atomic mass is 16.3. The fourth-order valence-electron chi connectivity index (χ4n) is 2.10. The molecule has 1 aromatic carbocycles. The third kappa shape index (κ3) is 2.70. The van der Waals surface area contributed by atoms with Gasteiger partial charge in [0.1, 0.15) is 0 Å². The largest absolute Gasteiger partial charge is 0.388 e. The van der Waals surface area contributed by atoms with Crippen molar-refractivity contribution < 1.29 is 5.11 Å². The molecule has 96 valence electrons. The Morgan fingerprint density at radius 2 is 1.71 bits per heavy atom. The van der Waals surface area contributed by atoms with Crippen LogP contribution in [0.5, 0.6) is 0 Å². The van der Waals surface area contributed by atoms with Crippen LogP contribution in [-0.2, 0) is 0 Å². The van der Waals surface area contributed by atoms with E-state index < -0.39 is 6.10 Å². The molecule has 0 heterocycles. The molecule has 0 saturated carbocycles. The summed E-state index contributed by atoms with van der Waals surface area (Å²) in [6.07, 6.45) is 0.383. The van der Waals surface area contributed by atoms with Crippen molar-refractivity contribution in [3.8, 4) is 0 Å². The number of aryl methyl sites for hydroxylation is 3. The molecule has 0 aliphatic carbocycles. The van der Waals surface area contributed by atoms with Crippen molar-refractivity contribution in [1.82, 2.24) is 0 Å². The summed E-state index contributed by atoms with van der Waals surface area (Å²) in [7, 11) is 0. The molecule has 0 spiro atoms. The van der Waals surface area contributed by atoms with Gasteiger partial charge >= 0.3 is 0 Å². The lowest BCUT2D eigenvalue weighted by atomic mass is 9.77. The standard InChI is InChI=1S/C15H25NO/c1-6-15(5,9-16)14(17)13-8-11(3)10(2)7-12(13)4/h7-8,14,17H,6,9,16H2,1-5H3. The van der Waals surface area contributed by atoms with Gasteiger partial charge in [0, 0.05) is 12.0 Å². The lowest BCUT2D eigenvalue weighted by Crippen LogP contribution is -2.33. The Bertz CT molecular complexity index is 394. The highest BCUT2D eigenvalue weighted by molar-refractivity contribution is 5.38. The van der Waals surface area contributed by atoms with Gasteiger partial charge in [-0.15, -0.1) is 0 Å². The zero-order chi connectivity index (χ0) is 13.2. The van der Waals surface area contributed by atoms with Crippen LogP contribution in [0.25, 0.3) is 0 Å². The van der Waals surface area contributed by atoms with Crippen LogP contribution >= 0.6 is 0 Å². The maximum absolute atomic E-state index is 10.6. The molecule has 0 aliphatic heterocycles. The second kappa shape index (κ2) is 5.19. The molecule has 2 nitrogen and oxygen atoms in total. The van der Waals surface area contributed by atoms with E-state index in [-0.39, 0.29) is 5.41 Å². The Morgan fingerprint density at radius 1 is 1.18 bits per heavy atom. The molecular formula is C15H25NO. The first-order chi connectivity index (χ1) is 7.85. The van der Waals surface area contributed by atoms with E-state index in [1.54, 1.807) is 0 Å². The van der Waals surface area contributed by atoms with E-state index in [1.807, 2.05) is 6.92 Å². The average Bonchev–Trinajstić information content (AvgIpc) is 2.32. The number of aliphatic hydroxyl groups is 1. The van der Waals surface area contributed by atoms with Crippen molar-refractivity contribution in [3.63, 3.8) is 0 Å². The van der Waals surface area contributed by atoms with E-state index in [4.69, 9.17) is 5.73 Å². The second-order valence-corrected chi connectivity index (χ2v) is 5.41. The average molecular weight is 235 g/mol. The predicted octanol–water partition coefficient (Wildman–Crippen LogP) is 3.02. The van der Waals surface area contributed by atoms with E-state index in [9.17, 15) is 5.11 Å². The van der Waals surface area contributed by atoms with Crippen LogP contribution in [0.15, 0.2) is 12.1 Å². The number of hydrogen-bond acceptors (Lipinski definition) is 2. The summed E-state index contributed by atoms with van der Waals surface area (Å²) in [5.41, 5.74) is 10.2. The summed E-state index contributed by atoms with van der Waals surface area (Å²) in [6, 6.07) is 4.24. The molecule has 0 amide bonds. The minimum absolute atomic E-state index is 0.244. The van der Waals surface area contributed by atoms with Gasteiger partial charge in [-0.25, -0.2) is 0 Å². The first-order valence-electron chi connectivity index (χ1n) is 6.31. The normalized spacial score (nSPS) is 16.6. The van der Waals surface area contributed by atoms with Crippen LogP contribution in [0.2, 0.25) is 0 Å². The molecule has 2 heteroatoms. The fourth-order valence-corrected chi connectivity index (χ4v) is 2.10. The Hall–Kier alpha value is -0.860. The highest BCUT2D eigenvalue weighted by Gasteiger charge is 2.31. The van der Waals surface area contributed by atoms with Gasteiger partial charge in [0.25, 0.3) is 0 Å². The smallest absolute Gasteiger partial charge is 0.0858 e. The zero-order valence-corrected chi connectivity index (χ0v) is 11.7. The molecule has 2 unspecified atom stereocenters. The number of benzene rings is 1. The van der Waals surface area contributed by atoms with Crippen molar-refractivity contribution in [2.24, 2.45) is 11.1 Å². The minimum Gasteiger partial charge on any atom is -0.388 e. The highest BCUT2D eigenvalue weighted by Crippen LogP contribution is 2.37. The molecular weight excluding hydrogens is 210 g/mol. The van der Waals surface area contributed by atoms with E-state index in [0.29, 0.717) is 6.54 Å². The van der Waals surface area contributed by atoms with Gasteiger partial charge in [0.05, 0.1) is 6.10 Å². The van der Waals surface area contributed by atoms with Crippen molar-refractivity contribution in [2.75, 3.05) is 6.54 Å². The fraction of sp³-hybridized carbons (Fsp3) is 0.600. The summed E-state index contributed by atoms with van der Waals surface area (Å²) in [4.78, 5) is 0. The van der Waals surface area contributed by atoms with Gasteiger partial charge in [-0.3, -0.25) is 0 Å². The zero-order valence-electron chi connectivity index (χ0n) is 11.7. The Balaban J connectivity index is 3.20. The van der Waals surface area contributed by atoms with Crippen LogP contribution in [0.3, 0.4) is 0 Å². The van der Waals surface area contributed by atoms with Gasteiger partial charge in [0.15, 0.2) is 0 Å². The molecule has 0 aliphatic rings. The molecule has 0 saturated heterocycles. The topological polar surface area (TPSA) is 46.2 Å². The lowest BCUT2D eigenvalue weighted by molar-refractivity contribution is 0.0386. The summed E-state index contributed by atoms with van der Waals surface area (Å²) in [6.45, 7) is 10.9. The first-order valence-corrected chi connectivity index (χ1v) is 6.31. The molecule has 1 aromatic rings. The summed E-state index contributed by atoms with van der Waals surface area (Å²) in [5.74, 6) is 0. The van der Waals surface area contributed by atoms with Gasteiger partial charge in [-0.2, -0.15) is 0 Å². The van der Waals surface area contributed by atoms with Gasteiger partial charge < -0.3 is 10.8 Å². The van der Waals surface area contributed by atoms with Gasteiger partial charge in [0.2, 0.25) is 0 Å². The first kappa shape index (κ1) is 14.2. The van der Waals surface area contributed by atoms with Gasteiger partial charge in [-0.1, -0.05) is 26.0 Å². The molecule has 1 rings (SSSR count). The molecule has 3 N–H and O–H groups in total. The van der Waals surface area contributed by atoms with Gasteiger partial charge in [-0.05, 0) is 49.4 Å². The Morgan fingerprint density at radius 3 is 2.18 bits per heavy atom. The Kier molecular flexibility index (Phi) is 4.34. The number of rotatable bonds is 4. The van der Waals surface area contributed by atoms with Crippen molar-refractivity contribution >= 4 is 0 Å². The third-order valence-corrected chi connectivity index (χ3v) is 4.11. The minimum atomic E-state index is -0.489.